The van der Waals surface area contributed by atoms with Crippen molar-refractivity contribution in [2.75, 3.05) is 23.9 Å². The summed E-state index contributed by atoms with van der Waals surface area (Å²) in [5.41, 5.74) is 2.89. The van der Waals surface area contributed by atoms with Crippen molar-refractivity contribution in [2.24, 2.45) is 0 Å². The van der Waals surface area contributed by atoms with Crippen molar-refractivity contribution in [2.45, 2.75) is 19.4 Å². The number of nitrogens with zero attached hydrogens (tertiary/aromatic N) is 1. The van der Waals surface area contributed by atoms with Gasteiger partial charge in [0.25, 0.3) is 0 Å². The molecule has 2 aromatic carbocycles. The fraction of sp³-hybridized carbons (Fsp3) is 0.250. The fourth-order valence-electron chi connectivity index (χ4n) is 2.94. The van der Waals surface area contributed by atoms with Crippen LogP contribution in [-0.4, -0.2) is 37.6 Å². The van der Waals surface area contributed by atoms with Crippen LogP contribution in [-0.2, 0) is 9.53 Å². The van der Waals surface area contributed by atoms with E-state index in [1.165, 1.54) is 7.11 Å². The Kier molecular flexibility index (Phi) is 5.40. The first-order valence-corrected chi connectivity index (χ1v) is 8.59. The molecule has 1 fully saturated rings. The molecule has 0 aliphatic carbocycles. The zero-order chi connectivity index (χ0) is 19.4. The lowest BCUT2D eigenvalue weighted by atomic mass is 10.2. The summed E-state index contributed by atoms with van der Waals surface area (Å²) < 4.78 is 4.63. The quantitative estimate of drug-likeness (QED) is 0.814. The standard InChI is InChI=1S/C20H21N3O4/c1-13-3-9-17(10-4-13)23-12-16(11-18(23)24)22-20(26)21-15-7-5-14(6-8-15)19(25)27-2/h3-10,16H,11-12H2,1-2H3,(H2,21,22,26)/t16-/m0/s1. The number of carbonyl (C=O) groups excluding carboxylic acids is 3. The molecular weight excluding hydrogens is 346 g/mol. The molecule has 0 radical (unpaired) electrons. The minimum absolute atomic E-state index is 0.0217. The van der Waals surface area contributed by atoms with Gasteiger partial charge in [-0.05, 0) is 43.3 Å². The summed E-state index contributed by atoms with van der Waals surface area (Å²) in [6.07, 6.45) is 0.253. The second-order valence-electron chi connectivity index (χ2n) is 6.41. The molecule has 7 nitrogen and oxygen atoms in total. The second-order valence-corrected chi connectivity index (χ2v) is 6.41. The van der Waals surface area contributed by atoms with E-state index in [2.05, 4.69) is 15.4 Å². The predicted octanol–water partition coefficient (Wildman–Crippen LogP) is 2.71. The van der Waals surface area contributed by atoms with Crippen molar-refractivity contribution in [1.29, 1.82) is 0 Å². The van der Waals surface area contributed by atoms with Crippen LogP contribution in [0.5, 0.6) is 0 Å². The number of hydrogen-bond acceptors (Lipinski definition) is 4. The fourth-order valence-corrected chi connectivity index (χ4v) is 2.94. The Labute approximate surface area is 157 Å². The average molecular weight is 367 g/mol. The van der Waals surface area contributed by atoms with Gasteiger partial charge >= 0.3 is 12.0 Å². The summed E-state index contributed by atoms with van der Waals surface area (Å²) in [6.45, 7) is 2.42. The summed E-state index contributed by atoms with van der Waals surface area (Å²) in [5.74, 6) is -0.460. The Morgan fingerprint density at radius 2 is 1.74 bits per heavy atom. The van der Waals surface area contributed by atoms with Gasteiger partial charge in [-0.1, -0.05) is 17.7 Å². The van der Waals surface area contributed by atoms with Crippen LogP contribution >= 0.6 is 0 Å². The van der Waals surface area contributed by atoms with Crippen LogP contribution in [0.2, 0.25) is 0 Å². The van der Waals surface area contributed by atoms with Crippen LogP contribution in [0.4, 0.5) is 16.2 Å². The number of nitrogens with one attached hydrogen (secondary N) is 2. The maximum Gasteiger partial charge on any atom is 0.337 e. The van der Waals surface area contributed by atoms with Gasteiger partial charge in [0.1, 0.15) is 0 Å². The van der Waals surface area contributed by atoms with E-state index in [1.807, 2.05) is 31.2 Å². The lowest BCUT2D eigenvalue weighted by Gasteiger charge is -2.17. The summed E-state index contributed by atoms with van der Waals surface area (Å²) >= 11 is 0. The number of ether oxygens (including phenoxy) is 1. The number of anilines is 2. The van der Waals surface area contributed by atoms with E-state index in [4.69, 9.17) is 0 Å². The Morgan fingerprint density at radius 3 is 2.37 bits per heavy atom. The van der Waals surface area contributed by atoms with Crippen LogP contribution < -0.4 is 15.5 Å². The normalized spacial score (nSPS) is 16.1. The lowest BCUT2D eigenvalue weighted by Crippen LogP contribution is -2.39. The molecule has 1 atom stereocenters. The van der Waals surface area contributed by atoms with Gasteiger partial charge < -0.3 is 20.3 Å². The monoisotopic (exact) mass is 367 g/mol. The maximum absolute atomic E-state index is 12.3. The van der Waals surface area contributed by atoms with Crippen molar-refractivity contribution >= 4 is 29.3 Å². The molecule has 2 aromatic rings. The van der Waals surface area contributed by atoms with Crippen LogP contribution in [0.25, 0.3) is 0 Å². The van der Waals surface area contributed by atoms with E-state index in [0.29, 0.717) is 17.8 Å². The number of amides is 3. The first-order chi connectivity index (χ1) is 13.0. The van der Waals surface area contributed by atoms with E-state index in [9.17, 15) is 14.4 Å². The molecule has 7 heteroatoms. The number of carbonyl (C=O) groups is 3. The van der Waals surface area contributed by atoms with Crippen molar-refractivity contribution in [3.8, 4) is 0 Å². The first-order valence-electron chi connectivity index (χ1n) is 8.59. The second kappa shape index (κ2) is 7.90. The molecule has 27 heavy (non-hydrogen) atoms. The van der Waals surface area contributed by atoms with Gasteiger partial charge in [0.05, 0.1) is 18.7 Å². The maximum atomic E-state index is 12.3. The molecule has 3 rings (SSSR count). The van der Waals surface area contributed by atoms with Crippen molar-refractivity contribution < 1.29 is 19.1 Å². The molecular formula is C20H21N3O4. The highest BCUT2D eigenvalue weighted by Gasteiger charge is 2.31. The highest BCUT2D eigenvalue weighted by molar-refractivity contribution is 5.98. The van der Waals surface area contributed by atoms with Gasteiger partial charge in [0.15, 0.2) is 0 Å². The third-order valence-electron chi connectivity index (χ3n) is 4.37. The molecule has 0 unspecified atom stereocenters. The summed E-state index contributed by atoms with van der Waals surface area (Å²) in [4.78, 5) is 37.5. The Hall–Kier alpha value is -3.35. The van der Waals surface area contributed by atoms with Crippen molar-refractivity contribution in [3.05, 3.63) is 59.7 Å². The van der Waals surface area contributed by atoms with Gasteiger partial charge in [0, 0.05) is 24.3 Å². The molecule has 0 saturated carbocycles. The van der Waals surface area contributed by atoms with Gasteiger partial charge in [-0.3, -0.25) is 4.79 Å². The van der Waals surface area contributed by atoms with Gasteiger partial charge in [-0.15, -0.1) is 0 Å². The molecule has 2 N–H and O–H groups in total. The number of benzene rings is 2. The lowest BCUT2D eigenvalue weighted by molar-refractivity contribution is -0.117. The van der Waals surface area contributed by atoms with Crippen LogP contribution in [0, 0.1) is 6.92 Å². The van der Waals surface area contributed by atoms with Gasteiger partial charge in [-0.2, -0.15) is 0 Å². The molecule has 0 bridgehead atoms. The number of hydrogen-bond donors (Lipinski definition) is 2. The van der Waals surface area contributed by atoms with Gasteiger partial charge in [-0.25, -0.2) is 9.59 Å². The minimum Gasteiger partial charge on any atom is -0.465 e. The molecule has 1 aliphatic rings. The smallest absolute Gasteiger partial charge is 0.337 e. The van der Waals surface area contributed by atoms with Gasteiger partial charge in [0.2, 0.25) is 5.91 Å². The van der Waals surface area contributed by atoms with E-state index in [0.717, 1.165) is 11.3 Å². The number of aryl methyl sites for hydroxylation is 1. The third kappa shape index (κ3) is 4.44. The number of urea groups is 1. The van der Waals surface area contributed by atoms with E-state index < -0.39 is 12.0 Å². The minimum atomic E-state index is -0.438. The van der Waals surface area contributed by atoms with Crippen LogP contribution in [0.15, 0.2) is 48.5 Å². The Balaban J connectivity index is 1.56. The highest BCUT2D eigenvalue weighted by Crippen LogP contribution is 2.22. The molecule has 1 aliphatic heterocycles. The van der Waals surface area contributed by atoms with E-state index in [1.54, 1.807) is 29.2 Å². The summed E-state index contributed by atoms with van der Waals surface area (Å²) in [5, 5.41) is 5.51. The number of rotatable bonds is 4. The molecule has 0 spiro atoms. The van der Waals surface area contributed by atoms with Crippen molar-refractivity contribution in [1.82, 2.24) is 5.32 Å². The summed E-state index contributed by atoms with van der Waals surface area (Å²) in [6, 6.07) is 13.4. The largest absolute Gasteiger partial charge is 0.465 e. The predicted molar refractivity (Wildman–Crippen MR) is 102 cm³/mol. The van der Waals surface area contributed by atoms with E-state index >= 15 is 0 Å². The third-order valence-corrected chi connectivity index (χ3v) is 4.37. The topological polar surface area (TPSA) is 87.7 Å². The molecule has 0 aromatic heterocycles. The molecule has 3 amide bonds. The SMILES string of the molecule is COC(=O)c1ccc(NC(=O)N[C@H]2CC(=O)N(c3ccc(C)cc3)C2)cc1. The highest BCUT2D eigenvalue weighted by atomic mass is 16.5. The average Bonchev–Trinajstić information content (AvgIpc) is 3.02. The molecule has 1 heterocycles. The Morgan fingerprint density at radius 1 is 1.07 bits per heavy atom. The Bertz CT molecular complexity index is 847. The zero-order valence-corrected chi connectivity index (χ0v) is 15.2. The first kappa shape index (κ1) is 18.4. The number of methoxy groups -OCH3 is 1. The number of esters is 1. The van der Waals surface area contributed by atoms with Crippen LogP contribution in [0.1, 0.15) is 22.3 Å². The van der Waals surface area contributed by atoms with E-state index in [-0.39, 0.29) is 18.4 Å². The molecule has 1 saturated heterocycles. The van der Waals surface area contributed by atoms with Crippen LogP contribution in [0.3, 0.4) is 0 Å². The van der Waals surface area contributed by atoms with Crippen molar-refractivity contribution in [3.63, 3.8) is 0 Å². The summed E-state index contributed by atoms with van der Waals surface area (Å²) in [7, 11) is 1.31. The zero-order valence-electron chi connectivity index (χ0n) is 15.2. The molecule has 140 valence electrons.